The summed E-state index contributed by atoms with van der Waals surface area (Å²) in [5.74, 6) is -0.491. The Morgan fingerprint density at radius 1 is 1.42 bits per heavy atom. The van der Waals surface area contributed by atoms with Gasteiger partial charge in [0.15, 0.2) is 0 Å². The first-order valence-corrected chi connectivity index (χ1v) is 3.69. The Labute approximate surface area is 70.8 Å². The van der Waals surface area contributed by atoms with Gasteiger partial charge in [-0.2, -0.15) is 0 Å². The molecule has 0 fully saturated rings. The van der Waals surface area contributed by atoms with E-state index in [0.29, 0.717) is 5.56 Å². The van der Waals surface area contributed by atoms with E-state index in [0.717, 1.165) is 0 Å². The molecule has 1 rings (SSSR count). The van der Waals surface area contributed by atoms with Crippen LogP contribution in [0.25, 0.3) is 0 Å². The summed E-state index contributed by atoms with van der Waals surface area (Å²) in [6.45, 7) is 3.19. The van der Waals surface area contributed by atoms with Crippen LogP contribution in [0.3, 0.4) is 0 Å². The number of nitrogens with two attached hydrogens (primary N) is 1. The smallest absolute Gasteiger partial charge is 0.146 e. The van der Waals surface area contributed by atoms with Crippen molar-refractivity contribution in [1.29, 1.82) is 0 Å². The third-order valence-corrected chi connectivity index (χ3v) is 1.71. The molecule has 1 aromatic carbocycles. The van der Waals surface area contributed by atoms with Crippen molar-refractivity contribution in [3.05, 3.63) is 29.6 Å². The number of nitrogen functional groups attached to an aromatic ring is 1. The van der Waals surface area contributed by atoms with Gasteiger partial charge in [-0.3, -0.25) is 0 Å². The molecule has 0 aromatic heterocycles. The molecular weight excluding hydrogens is 157 g/mol. The molecule has 3 N–H and O–H groups in total. The summed E-state index contributed by atoms with van der Waals surface area (Å²) in [7, 11) is 0. The zero-order valence-electron chi connectivity index (χ0n) is 7.13. The van der Waals surface area contributed by atoms with Crippen LogP contribution in [0.4, 0.5) is 10.1 Å². The Kier molecular flexibility index (Phi) is 2.06. The van der Waals surface area contributed by atoms with Gasteiger partial charge in [0.1, 0.15) is 5.82 Å². The Bertz CT molecular complexity index is 291. The van der Waals surface area contributed by atoms with Gasteiger partial charge < -0.3 is 10.8 Å². The van der Waals surface area contributed by atoms with E-state index in [1.165, 1.54) is 12.1 Å². The lowest BCUT2D eigenvalue weighted by Gasteiger charge is -2.17. The molecule has 0 radical (unpaired) electrons. The fourth-order valence-electron chi connectivity index (χ4n) is 0.908. The summed E-state index contributed by atoms with van der Waals surface area (Å²) in [5.41, 5.74) is 4.88. The van der Waals surface area contributed by atoms with Gasteiger partial charge in [0.2, 0.25) is 0 Å². The average molecular weight is 169 g/mol. The maximum atomic E-state index is 12.9. The van der Waals surface area contributed by atoms with Gasteiger partial charge in [-0.1, -0.05) is 6.07 Å². The number of hydrogen-bond donors (Lipinski definition) is 2. The average Bonchev–Trinajstić information content (AvgIpc) is 1.92. The lowest BCUT2D eigenvalue weighted by Crippen LogP contribution is -2.15. The summed E-state index contributed by atoms with van der Waals surface area (Å²) >= 11 is 0. The molecule has 0 unspecified atom stereocenters. The van der Waals surface area contributed by atoms with E-state index in [1.54, 1.807) is 19.9 Å². The molecule has 66 valence electrons. The van der Waals surface area contributed by atoms with Gasteiger partial charge in [0.05, 0.1) is 11.3 Å². The molecule has 0 atom stereocenters. The summed E-state index contributed by atoms with van der Waals surface area (Å²) in [6.07, 6.45) is 0. The van der Waals surface area contributed by atoms with E-state index in [-0.39, 0.29) is 5.69 Å². The first-order valence-electron chi connectivity index (χ1n) is 3.69. The molecular formula is C9H12FNO. The van der Waals surface area contributed by atoms with E-state index in [9.17, 15) is 9.50 Å². The summed E-state index contributed by atoms with van der Waals surface area (Å²) in [5, 5.41) is 9.50. The van der Waals surface area contributed by atoms with Gasteiger partial charge in [0.25, 0.3) is 0 Å². The molecule has 1 aromatic rings. The van der Waals surface area contributed by atoms with Crippen molar-refractivity contribution in [2.24, 2.45) is 0 Å². The van der Waals surface area contributed by atoms with Gasteiger partial charge in [0, 0.05) is 0 Å². The summed E-state index contributed by atoms with van der Waals surface area (Å²) in [6, 6.07) is 4.30. The third-order valence-electron chi connectivity index (χ3n) is 1.71. The normalized spacial score (nSPS) is 11.7. The summed E-state index contributed by atoms with van der Waals surface area (Å²) < 4.78 is 12.9. The van der Waals surface area contributed by atoms with Crippen molar-refractivity contribution in [3.8, 4) is 0 Å². The highest BCUT2D eigenvalue weighted by Gasteiger charge is 2.16. The molecule has 0 saturated heterocycles. The Balaban J connectivity index is 3.14. The molecule has 0 spiro atoms. The fourth-order valence-corrected chi connectivity index (χ4v) is 0.908. The molecule has 0 aliphatic carbocycles. The Hall–Kier alpha value is -1.09. The first kappa shape index (κ1) is 9.00. The molecule has 3 heteroatoms. The molecule has 0 aliphatic rings. The van der Waals surface area contributed by atoms with Crippen molar-refractivity contribution in [2.75, 3.05) is 5.73 Å². The molecule has 12 heavy (non-hydrogen) atoms. The van der Waals surface area contributed by atoms with Gasteiger partial charge in [-0.15, -0.1) is 0 Å². The van der Waals surface area contributed by atoms with E-state index in [4.69, 9.17) is 5.73 Å². The first-order chi connectivity index (χ1) is 5.41. The predicted molar refractivity (Wildman–Crippen MR) is 46.1 cm³/mol. The van der Waals surface area contributed by atoms with E-state index in [1.807, 2.05) is 0 Å². The van der Waals surface area contributed by atoms with Gasteiger partial charge in [-0.25, -0.2) is 4.39 Å². The van der Waals surface area contributed by atoms with Crippen LogP contribution in [-0.2, 0) is 5.60 Å². The fraction of sp³-hybridized carbons (Fsp3) is 0.333. The molecule has 0 amide bonds. The predicted octanol–water partition coefficient (Wildman–Crippen LogP) is 1.64. The monoisotopic (exact) mass is 169 g/mol. The van der Waals surface area contributed by atoms with Crippen molar-refractivity contribution in [2.45, 2.75) is 19.4 Å². The highest BCUT2D eigenvalue weighted by molar-refractivity contribution is 5.42. The molecule has 0 aliphatic heterocycles. The van der Waals surface area contributed by atoms with Gasteiger partial charge >= 0.3 is 0 Å². The molecule has 2 nitrogen and oxygen atoms in total. The van der Waals surface area contributed by atoms with Crippen LogP contribution in [0, 0.1) is 5.82 Å². The van der Waals surface area contributed by atoms with Crippen molar-refractivity contribution in [1.82, 2.24) is 0 Å². The third kappa shape index (κ3) is 1.74. The van der Waals surface area contributed by atoms with Crippen molar-refractivity contribution in [3.63, 3.8) is 0 Å². The minimum atomic E-state index is -1.02. The Morgan fingerprint density at radius 3 is 2.42 bits per heavy atom. The van der Waals surface area contributed by atoms with Crippen LogP contribution in [0.15, 0.2) is 18.2 Å². The van der Waals surface area contributed by atoms with Crippen LogP contribution in [0.5, 0.6) is 0 Å². The largest absolute Gasteiger partial charge is 0.396 e. The second-order valence-electron chi connectivity index (χ2n) is 3.30. The minimum absolute atomic E-state index is 0.100. The molecule has 0 saturated carbocycles. The van der Waals surface area contributed by atoms with Crippen molar-refractivity contribution < 1.29 is 9.50 Å². The van der Waals surface area contributed by atoms with Gasteiger partial charge in [-0.05, 0) is 31.5 Å². The van der Waals surface area contributed by atoms with Crippen LogP contribution in [0.2, 0.25) is 0 Å². The van der Waals surface area contributed by atoms with E-state index >= 15 is 0 Å². The number of hydrogen-bond acceptors (Lipinski definition) is 2. The van der Waals surface area contributed by atoms with Crippen LogP contribution in [-0.4, -0.2) is 5.11 Å². The number of benzene rings is 1. The summed E-state index contributed by atoms with van der Waals surface area (Å²) in [4.78, 5) is 0. The maximum absolute atomic E-state index is 12.9. The lowest BCUT2D eigenvalue weighted by atomic mass is 9.98. The molecule has 0 heterocycles. The SMILES string of the molecule is CC(C)(O)c1ccc(N)c(F)c1. The van der Waals surface area contributed by atoms with Crippen molar-refractivity contribution >= 4 is 5.69 Å². The number of anilines is 1. The lowest BCUT2D eigenvalue weighted by molar-refractivity contribution is 0.0783. The number of aliphatic hydroxyl groups is 1. The highest BCUT2D eigenvalue weighted by atomic mass is 19.1. The van der Waals surface area contributed by atoms with Crippen LogP contribution < -0.4 is 5.73 Å². The van der Waals surface area contributed by atoms with Crippen LogP contribution >= 0.6 is 0 Å². The zero-order valence-corrected chi connectivity index (χ0v) is 7.13. The quantitative estimate of drug-likeness (QED) is 0.628. The maximum Gasteiger partial charge on any atom is 0.146 e. The van der Waals surface area contributed by atoms with E-state index in [2.05, 4.69) is 0 Å². The van der Waals surface area contributed by atoms with E-state index < -0.39 is 11.4 Å². The number of rotatable bonds is 1. The zero-order chi connectivity index (χ0) is 9.35. The molecule has 0 bridgehead atoms. The second kappa shape index (κ2) is 2.75. The number of halogens is 1. The minimum Gasteiger partial charge on any atom is -0.396 e. The highest BCUT2D eigenvalue weighted by Crippen LogP contribution is 2.22. The topological polar surface area (TPSA) is 46.2 Å². The Morgan fingerprint density at radius 2 is 2.00 bits per heavy atom. The second-order valence-corrected chi connectivity index (χ2v) is 3.30. The van der Waals surface area contributed by atoms with Crippen LogP contribution in [0.1, 0.15) is 19.4 Å². The standard InChI is InChI=1S/C9H12FNO/c1-9(2,12)6-3-4-8(11)7(10)5-6/h3-5,12H,11H2,1-2H3.